The van der Waals surface area contributed by atoms with Crippen LogP contribution in [-0.4, -0.2) is 37.2 Å². The van der Waals surface area contributed by atoms with Crippen LogP contribution in [0.5, 0.6) is 17.2 Å². The first-order valence-electron chi connectivity index (χ1n) is 10.7. The molecule has 0 unspecified atom stereocenters. The van der Waals surface area contributed by atoms with Crippen molar-refractivity contribution in [2.45, 2.75) is 27.4 Å². The average Bonchev–Trinajstić information content (AvgIpc) is 3.16. The van der Waals surface area contributed by atoms with Crippen LogP contribution in [-0.2, 0) is 16.1 Å². The number of esters is 1. The van der Waals surface area contributed by atoms with Crippen molar-refractivity contribution >= 4 is 17.8 Å². The van der Waals surface area contributed by atoms with Crippen LogP contribution in [0, 0.1) is 13.8 Å². The fourth-order valence-electron chi connectivity index (χ4n) is 3.15. The van der Waals surface area contributed by atoms with Crippen LogP contribution >= 0.6 is 0 Å². The second-order valence-electron chi connectivity index (χ2n) is 7.40. The number of Topliss-reactive ketones (excluding diaryl/α,β-unsaturated/α-hetero) is 1. The van der Waals surface area contributed by atoms with E-state index in [1.54, 1.807) is 55.7 Å². The van der Waals surface area contributed by atoms with Crippen LogP contribution in [0.4, 0.5) is 0 Å². The summed E-state index contributed by atoms with van der Waals surface area (Å²) in [5.74, 6) is 1.66. The fourth-order valence-corrected chi connectivity index (χ4v) is 3.15. The van der Waals surface area contributed by atoms with Gasteiger partial charge in [0.15, 0.2) is 17.3 Å². The number of ether oxygens (including phenoxy) is 4. The fraction of sp³-hybridized carbons (Fsp3) is 0.269. The van der Waals surface area contributed by atoms with Gasteiger partial charge in [0.2, 0.25) is 0 Å². The molecule has 0 saturated heterocycles. The van der Waals surface area contributed by atoms with Gasteiger partial charge in [-0.05, 0) is 56.7 Å². The molecule has 0 aliphatic heterocycles. The van der Waals surface area contributed by atoms with Crippen molar-refractivity contribution in [2.75, 3.05) is 20.3 Å². The highest BCUT2D eigenvalue weighted by atomic mass is 16.6. The molecule has 8 heteroatoms. The minimum absolute atomic E-state index is 0.0488. The van der Waals surface area contributed by atoms with Gasteiger partial charge in [-0.1, -0.05) is 23.4 Å². The zero-order valence-electron chi connectivity index (χ0n) is 19.6. The van der Waals surface area contributed by atoms with E-state index in [1.807, 2.05) is 13.8 Å². The largest absolute Gasteiger partial charge is 0.493 e. The smallest absolute Gasteiger partial charge is 0.330 e. The van der Waals surface area contributed by atoms with E-state index in [1.165, 1.54) is 13.0 Å². The number of carbonyl (C=O) groups is 2. The number of carbonyl (C=O) groups excluding carboxylic acids is 2. The molecule has 0 bridgehead atoms. The summed E-state index contributed by atoms with van der Waals surface area (Å²) in [6, 6.07) is 12.3. The van der Waals surface area contributed by atoms with E-state index in [2.05, 4.69) is 5.16 Å². The van der Waals surface area contributed by atoms with E-state index in [0.29, 0.717) is 35.2 Å². The Balaban J connectivity index is 1.50. The Morgan fingerprint density at radius 1 is 1.00 bits per heavy atom. The SMILES string of the molecule is COc1cc(/C=C/C(=O)OCCOc2ccccc2C(C)=O)ccc1OCc1c(C)noc1C. The van der Waals surface area contributed by atoms with Crippen molar-refractivity contribution in [2.24, 2.45) is 0 Å². The number of aryl methyl sites for hydroxylation is 2. The molecule has 178 valence electrons. The molecule has 3 rings (SSSR count). The molecule has 0 radical (unpaired) electrons. The summed E-state index contributed by atoms with van der Waals surface area (Å²) >= 11 is 0. The number of hydrogen-bond donors (Lipinski definition) is 0. The molecule has 34 heavy (non-hydrogen) atoms. The molecule has 8 nitrogen and oxygen atoms in total. The van der Waals surface area contributed by atoms with E-state index in [9.17, 15) is 9.59 Å². The van der Waals surface area contributed by atoms with Crippen LogP contribution < -0.4 is 14.2 Å². The third-order valence-corrected chi connectivity index (χ3v) is 5.00. The van der Waals surface area contributed by atoms with E-state index in [-0.39, 0.29) is 19.0 Å². The lowest BCUT2D eigenvalue weighted by molar-refractivity contribution is -0.138. The topological polar surface area (TPSA) is 97.1 Å². The molecule has 0 aliphatic rings. The Morgan fingerprint density at radius 3 is 2.50 bits per heavy atom. The van der Waals surface area contributed by atoms with Gasteiger partial charge in [-0.2, -0.15) is 0 Å². The lowest BCUT2D eigenvalue weighted by Crippen LogP contribution is -2.11. The van der Waals surface area contributed by atoms with Gasteiger partial charge in [0, 0.05) is 6.08 Å². The minimum atomic E-state index is -0.513. The molecule has 1 aromatic heterocycles. The van der Waals surface area contributed by atoms with E-state index >= 15 is 0 Å². The molecule has 0 saturated carbocycles. The summed E-state index contributed by atoms with van der Waals surface area (Å²) in [5, 5.41) is 3.92. The Kier molecular flexibility index (Phi) is 8.45. The van der Waals surface area contributed by atoms with Gasteiger partial charge in [0.1, 0.15) is 31.3 Å². The van der Waals surface area contributed by atoms with E-state index < -0.39 is 5.97 Å². The molecule has 2 aromatic carbocycles. The highest BCUT2D eigenvalue weighted by molar-refractivity contribution is 5.96. The first-order valence-corrected chi connectivity index (χ1v) is 10.7. The number of aromatic nitrogens is 1. The lowest BCUT2D eigenvalue weighted by atomic mass is 10.1. The van der Waals surface area contributed by atoms with Crippen LogP contribution in [0.2, 0.25) is 0 Å². The molecule has 0 aliphatic carbocycles. The number of methoxy groups -OCH3 is 1. The molecular weight excluding hydrogens is 438 g/mol. The van der Waals surface area contributed by atoms with Crippen LogP contribution in [0.25, 0.3) is 6.08 Å². The van der Waals surface area contributed by atoms with Gasteiger partial charge in [0.25, 0.3) is 0 Å². The third-order valence-electron chi connectivity index (χ3n) is 5.00. The first-order chi connectivity index (χ1) is 16.4. The summed E-state index contributed by atoms with van der Waals surface area (Å²) in [4.78, 5) is 23.6. The van der Waals surface area contributed by atoms with Crippen molar-refractivity contribution in [1.82, 2.24) is 5.16 Å². The molecule has 0 fully saturated rings. The summed E-state index contributed by atoms with van der Waals surface area (Å²) in [7, 11) is 1.55. The molecule has 0 amide bonds. The summed E-state index contributed by atoms with van der Waals surface area (Å²) in [5.41, 5.74) is 2.90. The highest BCUT2D eigenvalue weighted by Crippen LogP contribution is 2.30. The lowest BCUT2D eigenvalue weighted by Gasteiger charge is -2.11. The van der Waals surface area contributed by atoms with E-state index in [4.69, 9.17) is 23.5 Å². The molecule has 0 atom stereocenters. The average molecular weight is 466 g/mol. The number of rotatable bonds is 11. The Hall–Kier alpha value is -4.07. The summed E-state index contributed by atoms with van der Waals surface area (Å²) < 4.78 is 27.2. The Bertz CT molecular complexity index is 1160. The van der Waals surface area contributed by atoms with Crippen molar-refractivity contribution in [3.05, 3.63) is 76.7 Å². The minimum Gasteiger partial charge on any atom is -0.493 e. The standard InChI is InChI=1S/C26H27NO7/c1-17-22(19(3)34-27-17)16-33-24-11-9-20(15-25(24)30-4)10-12-26(29)32-14-13-31-23-8-6-5-7-21(23)18(2)28/h5-12,15H,13-14,16H2,1-4H3/b12-10+. The molecular formula is C26H27NO7. The van der Waals surface area contributed by atoms with Crippen LogP contribution in [0.15, 0.2) is 53.1 Å². The number of benzene rings is 2. The number of hydrogen-bond acceptors (Lipinski definition) is 8. The monoisotopic (exact) mass is 465 g/mol. The maximum atomic E-state index is 12.0. The van der Waals surface area contributed by atoms with Gasteiger partial charge in [-0.3, -0.25) is 4.79 Å². The number of ketones is 1. The molecule has 1 heterocycles. The number of para-hydroxylation sites is 1. The normalized spacial score (nSPS) is 10.8. The van der Waals surface area contributed by atoms with Crippen molar-refractivity contribution in [3.63, 3.8) is 0 Å². The summed E-state index contributed by atoms with van der Waals surface area (Å²) in [6.45, 7) is 5.65. The second-order valence-corrected chi connectivity index (χ2v) is 7.40. The molecule has 3 aromatic rings. The molecule has 0 spiro atoms. The second kappa shape index (κ2) is 11.7. The maximum Gasteiger partial charge on any atom is 0.330 e. The van der Waals surface area contributed by atoms with Crippen molar-refractivity contribution < 1.29 is 33.1 Å². The predicted octanol–water partition coefficient (Wildman–Crippen LogP) is 4.72. The predicted molar refractivity (Wildman–Crippen MR) is 125 cm³/mol. The number of nitrogens with zero attached hydrogens (tertiary/aromatic N) is 1. The van der Waals surface area contributed by atoms with Crippen molar-refractivity contribution in [1.29, 1.82) is 0 Å². The summed E-state index contributed by atoms with van der Waals surface area (Å²) in [6.07, 6.45) is 2.94. The van der Waals surface area contributed by atoms with E-state index in [0.717, 1.165) is 16.8 Å². The van der Waals surface area contributed by atoms with Crippen LogP contribution in [0.1, 0.15) is 39.9 Å². The highest BCUT2D eigenvalue weighted by Gasteiger charge is 2.12. The first kappa shape index (κ1) is 24.6. The third kappa shape index (κ3) is 6.48. The van der Waals surface area contributed by atoms with Gasteiger partial charge < -0.3 is 23.5 Å². The molecule has 0 N–H and O–H groups in total. The maximum absolute atomic E-state index is 12.0. The zero-order valence-corrected chi connectivity index (χ0v) is 19.6. The Morgan fingerprint density at radius 2 is 1.79 bits per heavy atom. The van der Waals surface area contributed by atoms with Crippen molar-refractivity contribution in [3.8, 4) is 17.2 Å². The quantitative estimate of drug-likeness (QED) is 0.174. The Labute approximate surface area is 198 Å². The van der Waals surface area contributed by atoms with Crippen LogP contribution in [0.3, 0.4) is 0 Å². The zero-order chi connectivity index (χ0) is 24.5. The van der Waals surface area contributed by atoms with Gasteiger partial charge >= 0.3 is 5.97 Å². The van der Waals surface area contributed by atoms with Gasteiger partial charge in [0.05, 0.1) is 23.9 Å². The van der Waals surface area contributed by atoms with Gasteiger partial charge in [-0.15, -0.1) is 0 Å². The van der Waals surface area contributed by atoms with Gasteiger partial charge in [-0.25, -0.2) is 4.79 Å².